The fraction of sp³-hybridized carbons (Fsp3) is 0.514. The summed E-state index contributed by atoms with van der Waals surface area (Å²) in [4.78, 5) is 67.4. The van der Waals surface area contributed by atoms with Crippen LogP contribution < -0.4 is 25.4 Å². The monoisotopic (exact) mass is 765 g/mol. The average Bonchev–Trinajstić information content (AvgIpc) is 3.94. The molecular formula is C37H47N7O7S2. The third-order valence-electron chi connectivity index (χ3n) is 9.55. The number of para-hydroxylation sites is 2. The zero-order valence-corrected chi connectivity index (χ0v) is 32.4. The SMILES string of the molecule is C=C[C@@H]1C[C@]1(NC(=O)[C@@H]1C[C@@H](Oc2nc3ccccc3nc2-c2cccs2)CN1C(=O)[C@@H](NC(=O)NC(C)(C)C)C(C)(C)C)C(=O)NS(=O)(=O)C1CC1. The first kappa shape index (κ1) is 38.2. The molecule has 16 heteroatoms. The van der Waals surface area contributed by atoms with E-state index in [-0.39, 0.29) is 25.3 Å². The van der Waals surface area contributed by atoms with Gasteiger partial charge in [0.15, 0.2) is 0 Å². The minimum absolute atomic E-state index is 0.0117. The Bertz CT molecular complexity index is 2040. The molecule has 1 aromatic carbocycles. The summed E-state index contributed by atoms with van der Waals surface area (Å²) >= 11 is 1.47. The third kappa shape index (κ3) is 8.33. The zero-order valence-electron chi connectivity index (χ0n) is 30.8. The molecule has 0 bridgehead atoms. The van der Waals surface area contributed by atoms with Gasteiger partial charge < -0.3 is 25.6 Å². The fourth-order valence-electron chi connectivity index (χ4n) is 6.51. The summed E-state index contributed by atoms with van der Waals surface area (Å²) in [6.07, 6.45) is 1.83. The molecule has 5 amide bonds. The molecule has 6 rings (SSSR count). The van der Waals surface area contributed by atoms with Gasteiger partial charge in [-0.2, -0.15) is 0 Å². The number of nitrogens with zero attached hydrogens (tertiary/aromatic N) is 3. The fourth-order valence-corrected chi connectivity index (χ4v) is 8.58. The lowest BCUT2D eigenvalue weighted by Crippen LogP contribution is -2.61. The van der Waals surface area contributed by atoms with Gasteiger partial charge in [0.1, 0.15) is 29.4 Å². The van der Waals surface area contributed by atoms with Crippen molar-refractivity contribution in [3.8, 4) is 16.5 Å². The van der Waals surface area contributed by atoms with E-state index in [2.05, 4.69) is 27.3 Å². The molecule has 53 heavy (non-hydrogen) atoms. The van der Waals surface area contributed by atoms with Crippen LogP contribution in [0.25, 0.3) is 21.6 Å². The first-order valence-electron chi connectivity index (χ1n) is 17.7. The molecule has 4 N–H and O–H groups in total. The van der Waals surface area contributed by atoms with E-state index >= 15 is 0 Å². The molecule has 0 unspecified atom stereocenters. The van der Waals surface area contributed by atoms with E-state index in [1.807, 2.05) is 83.3 Å². The van der Waals surface area contributed by atoms with Crippen molar-refractivity contribution >= 4 is 56.1 Å². The highest BCUT2D eigenvalue weighted by Crippen LogP contribution is 2.45. The van der Waals surface area contributed by atoms with E-state index in [0.29, 0.717) is 29.6 Å². The van der Waals surface area contributed by atoms with Gasteiger partial charge in [-0.15, -0.1) is 17.9 Å². The van der Waals surface area contributed by atoms with Gasteiger partial charge in [0.25, 0.3) is 5.91 Å². The summed E-state index contributed by atoms with van der Waals surface area (Å²) in [5.74, 6) is -2.32. The van der Waals surface area contributed by atoms with Crippen molar-refractivity contribution in [3.63, 3.8) is 0 Å². The molecule has 2 aromatic heterocycles. The van der Waals surface area contributed by atoms with Crippen molar-refractivity contribution in [1.82, 2.24) is 35.5 Å². The molecule has 3 aromatic rings. The standard InChI is InChI=1S/C37H47N7O7S2/c1-8-21-19-37(21,33(47)43-53(49,50)23-15-16-23)41-30(45)26-18-22(20-44(26)32(46)29(35(2,3)4)40-34(48)42-36(5,6)7)51-31-28(27-14-11-17-52-27)38-24-12-9-10-13-25(24)39-31/h8-14,17,21-23,26,29H,1,15-16,18-20H2,2-7H3,(H,41,45)(H,43,47)(H2,40,42,48)/t21-,22-,26+,29-,37-/m1/s1. The van der Waals surface area contributed by atoms with Crippen molar-refractivity contribution in [1.29, 1.82) is 0 Å². The number of fused-ring (bicyclic) bond motifs is 1. The maximum Gasteiger partial charge on any atom is 0.315 e. The number of nitrogens with one attached hydrogen (secondary N) is 4. The van der Waals surface area contributed by atoms with Gasteiger partial charge in [-0.05, 0) is 69.0 Å². The molecule has 5 atom stereocenters. The summed E-state index contributed by atoms with van der Waals surface area (Å²) in [5.41, 5.74) is -1.14. The summed E-state index contributed by atoms with van der Waals surface area (Å²) in [6, 6.07) is 8.40. The van der Waals surface area contributed by atoms with Gasteiger partial charge in [0, 0.05) is 17.9 Å². The van der Waals surface area contributed by atoms with Crippen molar-refractivity contribution in [3.05, 3.63) is 54.4 Å². The number of urea groups is 1. The lowest BCUT2D eigenvalue weighted by atomic mass is 9.85. The van der Waals surface area contributed by atoms with Crippen LogP contribution in [0.3, 0.4) is 0 Å². The van der Waals surface area contributed by atoms with Gasteiger partial charge in [-0.3, -0.25) is 19.1 Å². The Morgan fingerprint density at radius 1 is 1.04 bits per heavy atom. The van der Waals surface area contributed by atoms with Crippen molar-refractivity contribution < 1.29 is 32.3 Å². The number of carbonyl (C=O) groups is 4. The quantitative estimate of drug-likeness (QED) is 0.210. The van der Waals surface area contributed by atoms with Gasteiger partial charge in [-0.1, -0.05) is 45.0 Å². The van der Waals surface area contributed by atoms with E-state index < -0.39 is 79.6 Å². The van der Waals surface area contributed by atoms with E-state index in [1.165, 1.54) is 22.3 Å². The molecule has 2 saturated carbocycles. The molecule has 0 radical (unpaired) electrons. The number of ether oxygens (including phenoxy) is 1. The minimum Gasteiger partial charge on any atom is -0.471 e. The van der Waals surface area contributed by atoms with Gasteiger partial charge >= 0.3 is 6.03 Å². The molecule has 3 heterocycles. The predicted octanol–water partition coefficient (Wildman–Crippen LogP) is 3.89. The molecule has 284 valence electrons. The Kier molecular flexibility index (Phi) is 10.1. The molecule has 14 nitrogen and oxygen atoms in total. The zero-order chi connectivity index (χ0) is 38.5. The van der Waals surface area contributed by atoms with Crippen LogP contribution in [-0.2, 0) is 24.4 Å². The van der Waals surface area contributed by atoms with Crippen LogP contribution in [0.15, 0.2) is 54.4 Å². The van der Waals surface area contributed by atoms with Crippen molar-refractivity contribution in [2.45, 2.75) is 102 Å². The second kappa shape index (κ2) is 14.0. The average molecular weight is 766 g/mol. The molecule has 1 saturated heterocycles. The van der Waals surface area contributed by atoms with E-state index in [0.717, 1.165) is 4.88 Å². The van der Waals surface area contributed by atoms with Gasteiger partial charge in [-0.25, -0.2) is 23.2 Å². The maximum absolute atomic E-state index is 14.6. The highest BCUT2D eigenvalue weighted by Gasteiger charge is 2.62. The van der Waals surface area contributed by atoms with Crippen LogP contribution in [0.1, 0.15) is 67.2 Å². The summed E-state index contributed by atoms with van der Waals surface area (Å²) in [6.45, 7) is 14.6. The second-order valence-electron chi connectivity index (χ2n) is 16.2. The molecule has 1 aliphatic heterocycles. The molecule has 3 aliphatic rings. The number of thiophene rings is 1. The highest BCUT2D eigenvalue weighted by atomic mass is 32.2. The predicted molar refractivity (Wildman–Crippen MR) is 201 cm³/mol. The Hall–Kier alpha value is -4.57. The summed E-state index contributed by atoms with van der Waals surface area (Å²) in [7, 11) is -3.90. The number of benzene rings is 1. The van der Waals surface area contributed by atoms with E-state index in [4.69, 9.17) is 14.7 Å². The van der Waals surface area contributed by atoms with Crippen molar-refractivity contribution in [2.24, 2.45) is 11.3 Å². The van der Waals surface area contributed by atoms with E-state index in [9.17, 15) is 27.6 Å². The normalized spacial score (nSPS) is 23.5. The van der Waals surface area contributed by atoms with Crippen LogP contribution >= 0.6 is 11.3 Å². The number of amides is 5. The summed E-state index contributed by atoms with van der Waals surface area (Å²) in [5, 5.41) is 9.73. The number of likely N-dealkylation sites (tertiary alicyclic amines) is 1. The van der Waals surface area contributed by atoms with Crippen LogP contribution in [0.2, 0.25) is 0 Å². The van der Waals surface area contributed by atoms with E-state index in [1.54, 1.807) is 0 Å². The van der Waals surface area contributed by atoms with Crippen LogP contribution in [0, 0.1) is 11.3 Å². The lowest BCUT2D eigenvalue weighted by molar-refractivity contribution is -0.142. The summed E-state index contributed by atoms with van der Waals surface area (Å²) < 4.78 is 34.1. The van der Waals surface area contributed by atoms with Crippen LogP contribution in [0.5, 0.6) is 5.88 Å². The minimum atomic E-state index is -3.90. The Morgan fingerprint density at radius 2 is 1.72 bits per heavy atom. The Balaban J connectivity index is 1.32. The maximum atomic E-state index is 14.6. The number of hydrogen-bond acceptors (Lipinski definition) is 10. The number of rotatable bonds is 11. The van der Waals surface area contributed by atoms with Crippen LogP contribution in [0.4, 0.5) is 4.79 Å². The first-order chi connectivity index (χ1) is 24.8. The number of hydrogen-bond donors (Lipinski definition) is 4. The Labute approximate surface area is 313 Å². The smallest absolute Gasteiger partial charge is 0.315 e. The number of aromatic nitrogens is 2. The molecule has 3 fully saturated rings. The van der Waals surface area contributed by atoms with Crippen LogP contribution in [-0.4, -0.2) is 88.1 Å². The first-order valence-corrected chi connectivity index (χ1v) is 20.1. The molecule has 2 aliphatic carbocycles. The van der Waals surface area contributed by atoms with Gasteiger partial charge in [0.05, 0.1) is 27.7 Å². The lowest BCUT2D eigenvalue weighted by Gasteiger charge is -2.36. The second-order valence-corrected chi connectivity index (χ2v) is 19.1. The topological polar surface area (TPSA) is 189 Å². The van der Waals surface area contributed by atoms with Gasteiger partial charge in [0.2, 0.25) is 27.7 Å². The third-order valence-corrected chi connectivity index (χ3v) is 12.2. The number of sulfonamides is 1. The Morgan fingerprint density at radius 3 is 2.28 bits per heavy atom. The van der Waals surface area contributed by atoms with Crippen molar-refractivity contribution in [2.75, 3.05) is 6.54 Å². The number of carbonyl (C=O) groups excluding carboxylic acids is 4. The molecule has 0 spiro atoms. The molecular weight excluding hydrogens is 719 g/mol. The largest absolute Gasteiger partial charge is 0.471 e. The highest BCUT2D eigenvalue weighted by molar-refractivity contribution is 7.91.